The SMILES string of the molecule is CC(C)(C)N(NC(=O)c1ccccc1F)C(=O)c1ccncc1. The fourth-order valence-corrected chi connectivity index (χ4v) is 1.95. The van der Waals surface area contributed by atoms with Crippen molar-refractivity contribution in [1.29, 1.82) is 0 Å². The van der Waals surface area contributed by atoms with Crippen LogP contribution in [0.3, 0.4) is 0 Å². The average Bonchev–Trinajstić information content (AvgIpc) is 2.52. The van der Waals surface area contributed by atoms with Gasteiger partial charge in [0.1, 0.15) is 5.82 Å². The molecule has 2 aromatic rings. The summed E-state index contributed by atoms with van der Waals surface area (Å²) in [6.07, 6.45) is 2.99. The fraction of sp³-hybridized carbons (Fsp3) is 0.235. The molecule has 0 bridgehead atoms. The highest BCUT2D eigenvalue weighted by Crippen LogP contribution is 2.16. The minimum absolute atomic E-state index is 0.121. The molecule has 0 spiro atoms. The molecule has 0 radical (unpaired) electrons. The van der Waals surface area contributed by atoms with Crippen molar-refractivity contribution in [3.05, 3.63) is 65.7 Å². The van der Waals surface area contributed by atoms with Gasteiger partial charge in [-0.25, -0.2) is 9.40 Å². The van der Waals surface area contributed by atoms with Gasteiger partial charge in [-0.15, -0.1) is 0 Å². The maximum atomic E-state index is 13.7. The Balaban J connectivity index is 2.29. The van der Waals surface area contributed by atoms with E-state index in [4.69, 9.17) is 0 Å². The fourth-order valence-electron chi connectivity index (χ4n) is 1.95. The second-order valence-electron chi connectivity index (χ2n) is 5.97. The van der Waals surface area contributed by atoms with Crippen LogP contribution in [0.5, 0.6) is 0 Å². The highest BCUT2D eigenvalue weighted by atomic mass is 19.1. The van der Waals surface area contributed by atoms with E-state index < -0.39 is 23.2 Å². The zero-order valence-corrected chi connectivity index (χ0v) is 13.2. The molecule has 1 N–H and O–H groups in total. The molecule has 0 saturated carbocycles. The van der Waals surface area contributed by atoms with E-state index in [2.05, 4.69) is 10.4 Å². The van der Waals surface area contributed by atoms with Crippen LogP contribution < -0.4 is 5.43 Å². The predicted octanol–water partition coefficient (Wildman–Crippen LogP) is 2.81. The molecule has 0 aliphatic carbocycles. The van der Waals surface area contributed by atoms with E-state index in [1.807, 2.05) is 0 Å². The third-order valence-corrected chi connectivity index (χ3v) is 3.13. The van der Waals surface area contributed by atoms with Crippen LogP contribution in [-0.4, -0.2) is 27.3 Å². The lowest BCUT2D eigenvalue weighted by molar-refractivity contribution is 0.0357. The molecule has 2 rings (SSSR count). The second-order valence-corrected chi connectivity index (χ2v) is 5.97. The highest BCUT2D eigenvalue weighted by Gasteiger charge is 2.30. The van der Waals surface area contributed by atoms with Gasteiger partial charge in [0.15, 0.2) is 0 Å². The van der Waals surface area contributed by atoms with Gasteiger partial charge in [-0.3, -0.25) is 20.0 Å². The van der Waals surface area contributed by atoms with Crippen LogP contribution in [0.25, 0.3) is 0 Å². The van der Waals surface area contributed by atoms with E-state index in [0.29, 0.717) is 5.56 Å². The summed E-state index contributed by atoms with van der Waals surface area (Å²) in [5.41, 5.74) is 2.06. The molecule has 0 aliphatic rings. The number of hydrogen-bond donors (Lipinski definition) is 1. The van der Waals surface area contributed by atoms with Crippen LogP contribution in [0.15, 0.2) is 48.8 Å². The number of aromatic nitrogens is 1. The van der Waals surface area contributed by atoms with Crippen molar-refractivity contribution in [2.75, 3.05) is 0 Å². The van der Waals surface area contributed by atoms with Crippen molar-refractivity contribution < 1.29 is 14.0 Å². The van der Waals surface area contributed by atoms with Crippen molar-refractivity contribution in [2.24, 2.45) is 0 Å². The van der Waals surface area contributed by atoms with Crippen LogP contribution >= 0.6 is 0 Å². The zero-order valence-electron chi connectivity index (χ0n) is 13.2. The van der Waals surface area contributed by atoms with Crippen LogP contribution in [-0.2, 0) is 0 Å². The monoisotopic (exact) mass is 315 g/mol. The molecule has 1 aromatic carbocycles. The van der Waals surface area contributed by atoms with Crippen LogP contribution in [0.2, 0.25) is 0 Å². The maximum absolute atomic E-state index is 13.7. The van der Waals surface area contributed by atoms with E-state index >= 15 is 0 Å². The summed E-state index contributed by atoms with van der Waals surface area (Å²) in [6, 6.07) is 8.72. The summed E-state index contributed by atoms with van der Waals surface area (Å²) in [4.78, 5) is 28.8. The van der Waals surface area contributed by atoms with Gasteiger partial charge in [-0.1, -0.05) is 12.1 Å². The van der Waals surface area contributed by atoms with Gasteiger partial charge in [0.2, 0.25) is 0 Å². The van der Waals surface area contributed by atoms with Crippen LogP contribution in [0, 0.1) is 5.82 Å². The van der Waals surface area contributed by atoms with Crippen LogP contribution in [0.4, 0.5) is 4.39 Å². The van der Waals surface area contributed by atoms with Gasteiger partial charge in [0.05, 0.1) is 11.1 Å². The van der Waals surface area contributed by atoms with Crippen molar-refractivity contribution >= 4 is 11.8 Å². The molecular weight excluding hydrogens is 297 g/mol. The van der Waals surface area contributed by atoms with E-state index in [0.717, 1.165) is 0 Å². The maximum Gasteiger partial charge on any atom is 0.272 e. The number of halogens is 1. The summed E-state index contributed by atoms with van der Waals surface area (Å²) in [5, 5.41) is 1.19. The van der Waals surface area contributed by atoms with Gasteiger partial charge >= 0.3 is 0 Å². The Hall–Kier alpha value is -2.76. The van der Waals surface area contributed by atoms with E-state index in [1.54, 1.807) is 39.0 Å². The van der Waals surface area contributed by atoms with Crippen molar-refractivity contribution in [1.82, 2.24) is 15.4 Å². The second kappa shape index (κ2) is 6.56. The van der Waals surface area contributed by atoms with Gasteiger partial charge in [0, 0.05) is 18.0 Å². The average molecular weight is 315 g/mol. The summed E-state index contributed by atoms with van der Waals surface area (Å²) in [5.74, 6) is -1.72. The Bertz CT molecular complexity index is 711. The molecule has 1 aromatic heterocycles. The number of rotatable bonds is 2. The lowest BCUT2D eigenvalue weighted by Gasteiger charge is -2.35. The quantitative estimate of drug-likeness (QED) is 0.867. The molecular formula is C17H18FN3O2. The first-order valence-electron chi connectivity index (χ1n) is 7.11. The van der Waals surface area contributed by atoms with Gasteiger partial charge < -0.3 is 0 Å². The van der Waals surface area contributed by atoms with Crippen molar-refractivity contribution in [3.8, 4) is 0 Å². The molecule has 0 atom stereocenters. The summed E-state index contributed by atoms with van der Waals surface area (Å²) >= 11 is 0. The van der Waals surface area contributed by atoms with E-state index in [-0.39, 0.29) is 5.56 Å². The lowest BCUT2D eigenvalue weighted by Crippen LogP contribution is -2.56. The Morgan fingerprint density at radius 2 is 1.70 bits per heavy atom. The number of amides is 2. The lowest BCUT2D eigenvalue weighted by atomic mass is 10.1. The Kier molecular flexibility index (Phi) is 4.74. The number of nitrogens with zero attached hydrogens (tertiary/aromatic N) is 2. The smallest absolute Gasteiger partial charge is 0.267 e. The number of carbonyl (C=O) groups excluding carboxylic acids is 2. The first-order chi connectivity index (χ1) is 10.8. The topological polar surface area (TPSA) is 62.3 Å². The van der Waals surface area contributed by atoms with Crippen molar-refractivity contribution in [2.45, 2.75) is 26.3 Å². The molecule has 120 valence electrons. The third kappa shape index (κ3) is 3.91. The van der Waals surface area contributed by atoms with Crippen molar-refractivity contribution in [3.63, 3.8) is 0 Å². The predicted molar refractivity (Wildman–Crippen MR) is 84.0 cm³/mol. The number of benzene rings is 1. The first-order valence-corrected chi connectivity index (χ1v) is 7.11. The Labute approximate surface area is 134 Å². The Morgan fingerprint density at radius 3 is 2.26 bits per heavy atom. The molecule has 5 nitrogen and oxygen atoms in total. The molecule has 2 amide bonds. The molecule has 0 saturated heterocycles. The molecule has 1 heterocycles. The zero-order chi connectivity index (χ0) is 17.0. The number of carbonyl (C=O) groups is 2. The minimum atomic E-state index is -0.693. The number of hydrogen-bond acceptors (Lipinski definition) is 3. The first kappa shape index (κ1) is 16.6. The number of hydrazine groups is 1. The molecule has 6 heteroatoms. The summed E-state index contributed by atoms with van der Waals surface area (Å²) in [6.45, 7) is 5.31. The van der Waals surface area contributed by atoms with E-state index in [1.165, 1.54) is 35.6 Å². The Morgan fingerprint density at radius 1 is 1.09 bits per heavy atom. The summed E-state index contributed by atoms with van der Waals surface area (Å²) < 4.78 is 13.7. The standard InChI is InChI=1S/C17H18FN3O2/c1-17(2,3)21(16(23)12-8-10-19-11-9-12)20-15(22)13-6-4-5-7-14(13)18/h4-11H,1-3H3,(H,20,22). The normalized spacial score (nSPS) is 11.0. The van der Waals surface area contributed by atoms with E-state index in [9.17, 15) is 14.0 Å². The highest BCUT2D eigenvalue weighted by molar-refractivity contribution is 5.99. The van der Waals surface area contributed by atoms with Crippen LogP contribution in [0.1, 0.15) is 41.5 Å². The van der Waals surface area contributed by atoms with Gasteiger partial charge in [-0.2, -0.15) is 0 Å². The minimum Gasteiger partial charge on any atom is -0.267 e. The summed E-state index contributed by atoms with van der Waals surface area (Å²) in [7, 11) is 0. The number of pyridine rings is 1. The molecule has 23 heavy (non-hydrogen) atoms. The number of nitrogens with one attached hydrogen (secondary N) is 1. The third-order valence-electron chi connectivity index (χ3n) is 3.13. The van der Waals surface area contributed by atoms with Gasteiger partial charge in [0.25, 0.3) is 11.8 Å². The molecule has 0 fully saturated rings. The molecule has 0 aliphatic heterocycles. The largest absolute Gasteiger partial charge is 0.272 e. The van der Waals surface area contributed by atoms with Gasteiger partial charge in [-0.05, 0) is 45.0 Å². The molecule has 0 unspecified atom stereocenters.